The standard InChI is InChI=1S/C12H14BrN3/c1-15(2)9-5-6-16-10(7-9)11(13)14-12(16)8-3-4-8/h5-8H,3-4H2,1-2H3. The van der Waals surface area contributed by atoms with Crippen LogP contribution in [0.3, 0.4) is 0 Å². The Bertz CT molecular complexity index is 540. The number of rotatable bonds is 2. The Hall–Kier alpha value is -1.03. The molecule has 2 heterocycles. The van der Waals surface area contributed by atoms with Gasteiger partial charge in [0.05, 0.1) is 5.52 Å². The summed E-state index contributed by atoms with van der Waals surface area (Å²) in [5.41, 5.74) is 2.36. The molecule has 0 aliphatic heterocycles. The summed E-state index contributed by atoms with van der Waals surface area (Å²) >= 11 is 3.55. The number of fused-ring (bicyclic) bond motifs is 1. The van der Waals surface area contributed by atoms with Crippen LogP contribution in [0.5, 0.6) is 0 Å². The first-order chi connectivity index (χ1) is 7.66. The second kappa shape index (κ2) is 3.48. The molecule has 84 valence electrons. The van der Waals surface area contributed by atoms with Gasteiger partial charge in [0.25, 0.3) is 0 Å². The Kier molecular flexibility index (Phi) is 2.21. The number of aromatic nitrogens is 2. The summed E-state index contributed by atoms with van der Waals surface area (Å²) in [6, 6.07) is 4.30. The van der Waals surface area contributed by atoms with Crippen molar-refractivity contribution in [1.82, 2.24) is 9.38 Å². The summed E-state index contributed by atoms with van der Waals surface area (Å²) in [4.78, 5) is 6.72. The molecule has 0 amide bonds. The first-order valence-corrected chi connectivity index (χ1v) is 6.31. The molecule has 1 fully saturated rings. The van der Waals surface area contributed by atoms with Crippen molar-refractivity contribution in [2.45, 2.75) is 18.8 Å². The van der Waals surface area contributed by atoms with Crippen LogP contribution >= 0.6 is 15.9 Å². The Labute approximate surface area is 103 Å². The summed E-state index contributed by atoms with van der Waals surface area (Å²) in [6.07, 6.45) is 4.68. The van der Waals surface area contributed by atoms with Gasteiger partial charge in [-0.25, -0.2) is 4.98 Å². The molecule has 0 aromatic carbocycles. The van der Waals surface area contributed by atoms with E-state index in [9.17, 15) is 0 Å². The third-order valence-corrected chi connectivity index (χ3v) is 3.65. The van der Waals surface area contributed by atoms with Gasteiger partial charge in [0.15, 0.2) is 0 Å². The summed E-state index contributed by atoms with van der Waals surface area (Å²) in [5.74, 6) is 1.87. The van der Waals surface area contributed by atoms with Crippen LogP contribution < -0.4 is 4.90 Å². The van der Waals surface area contributed by atoms with E-state index < -0.39 is 0 Å². The Balaban J connectivity index is 2.20. The van der Waals surface area contributed by atoms with Gasteiger partial charge in [-0.05, 0) is 40.9 Å². The monoisotopic (exact) mass is 279 g/mol. The van der Waals surface area contributed by atoms with E-state index in [1.165, 1.54) is 24.4 Å². The largest absolute Gasteiger partial charge is 0.378 e. The maximum Gasteiger partial charge on any atom is 0.132 e. The lowest BCUT2D eigenvalue weighted by Gasteiger charge is -2.12. The predicted molar refractivity (Wildman–Crippen MR) is 69.2 cm³/mol. The van der Waals surface area contributed by atoms with Crippen molar-refractivity contribution in [2.75, 3.05) is 19.0 Å². The molecule has 0 saturated heterocycles. The van der Waals surface area contributed by atoms with Gasteiger partial charge in [0, 0.05) is 31.9 Å². The van der Waals surface area contributed by atoms with E-state index in [1.807, 2.05) is 0 Å². The van der Waals surface area contributed by atoms with E-state index in [1.54, 1.807) is 0 Å². The molecular weight excluding hydrogens is 266 g/mol. The molecule has 16 heavy (non-hydrogen) atoms. The molecule has 1 saturated carbocycles. The van der Waals surface area contributed by atoms with E-state index in [0.717, 1.165) is 10.1 Å². The minimum absolute atomic E-state index is 0.670. The molecule has 2 aromatic heterocycles. The zero-order valence-electron chi connectivity index (χ0n) is 9.44. The fourth-order valence-corrected chi connectivity index (χ4v) is 2.45. The fraction of sp³-hybridized carbons (Fsp3) is 0.417. The number of hydrogen-bond donors (Lipinski definition) is 0. The van der Waals surface area contributed by atoms with E-state index in [-0.39, 0.29) is 0 Å². The normalized spacial score (nSPS) is 15.7. The average molecular weight is 280 g/mol. The van der Waals surface area contributed by atoms with Gasteiger partial charge in [-0.3, -0.25) is 0 Å². The highest BCUT2D eigenvalue weighted by Gasteiger charge is 2.28. The third kappa shape index (κ3) is 1.52. The van der Waals surface area contributed by atoms with E-state index in [4.69, 9.17) is 0 Å². The summed E-state index contributed by atoms with van der Waals surface area (Å²) in [6.45, 7) is 0. The van der Waals surface area contributed by atoms with E-state index in [2.05, 4.69) is 62.6 Å². The maximum atomic E-state index is 4.61. The minimum atomic E-state index is 0.670. The van der Waals surface area contributed by atoms with Crippen molar-refractivity contribution in [3.8, 4) is 0 Å². The van der Waals surface area contributed by atoms with Gasteiger partial charge in [-0.2, -0.15) is 0 Å². The van der Waals surface area contributed by atoms with Crippen LogP contribution in [0.25, 0.3) is 5.52 Å². The molecule has 0 bridgehead atoms. The topological polar surface area (TPSA) is 20.5 Å². The molecule has 2 aromatic rings. The van der Waals surface area contributed by atoms with Gasteiger partial charge in [0.1, 0.15) is 10.4 Å². The molecular formula is C12H14BrN3. The molecule has 3 rings (SSSR count). The van der Waals surface area contributed by atoms with Crippen molar-refractivity contribution in [2.24, 2.45) is 0 Å². The summed E-state index contributed by atoms with van der Waals surface area (Å²) in [7, 11) is 4.11. The van der Waals surface area contributed by atoms with Gasteiger partial charge in [0.2, 0.25) is 0 Å². The summed E-state index contributed by atoms with van der Waals surface area (Å²) in [5, 5.41) is 0. The van der Waals surface area contributed by atoms with Crippen LogP contribution in [-0.4, -0.2) is 23.5 Å². The Morgan fingerprint density at radius 3 is 2.81 bits per heavy atom. The van der Waals surface area contributed by atoms with Crippen molar-refractivity contribution >= 4 is 27.1 Å². The van der Waals surface area contributed by atoms with Crippen LogP contribution in [0.1, 0.15) is 24.6 Å². The Morgan fingerprint density at radius 2 is 2.19 bits per heavy atom. The lowest BCUT2D eigenvalue weighted by atomic mass is 10.3. The lowest BCUT2D eigenvalue weighted by molar-refractivity contribution is 0.917. The van der Waals surface area contributed by atoms with Gasteiger partial charge < -0.3 is 9.30 Å². The number of pyridine rings is 1. The number of imidazole rings is 1. The first kappa shape index (κ1) is 10.1. The zero-order chi connectivity index (χ0) is 11.3. The van der Waals surface area contributed by atoms with Crippen LogP contribution in [0.15, 0.2) is 22.9 Å². The molecule has 1 aliphatic carbocycles. The predicted octanol–water partition coefficient (Wildman–Crippen LogP) is 3.04. The smallest absolute Gasteiger partial charge is 0.132 e. The second-order valence-electron chi connectivity index (χ2n) is 4.57. The minimum Gasteiger partial charge on any atom is -0.378 e. The fourth-order valence-electron chi connectivity index (χ4n) is 1.97. The molecule has 0 atom stereocenters. The molecule has 4 heteroatoms. The quantitative estimate of drug-likeness (QED) is 0.842. The molecule has 0 radical (unpaired) electrons. The highest BCUT2D eigenvalue weighted by atomic mass is 79.9. The highest BCUT2D eigenvalue weighted by Crippen LogP contribution is 2.41. The average Bonchev–Trinajstić information content (AvgIpc) is 3.04. The molecule has 0 N–H and O–H groups in total. The lowest BCUT2D eigenvalue weighted by Crippen LogP contribution is -2.08. The van der Waals surface area contributed by atoms with Crippen molar-refractivity contribution < 1.29 is 0 Å². The van der Waals surface area contributed by atoms with Crippen molar-refractivity contribution in [3.05, 3.63) is 28.8 Å². The highest BCUT2D eigenvalue weighted by molar-refractivity contribution is 9.10. The summed E-state index contributed by atoms with van der Waals surface area (Å²) < 4.78 is 3.16. The Morgan fingerprint density at radius 1 is 1.44 bits per heavy atom. The maximum absolute atomic E-state index is 4.61. The zero-order valence-corrected chi connectivity index (χ0v) is 11.0. The van der Waals surface area contributed by atoms with Gasteiger partial charge in [-0.1, -0.05) is 0 Å². The van der Waals surface area contributed by atoms with E-state index >= 15 is 0 Å². The number of halogens is 1. The number of anilines is 1. The van der Waals surface area contributed by atoms with Crippen molar-refractivity contribution in [3.63, 3.8) is 0 Å². The number of nitrogens with zero attached hydrogens (tertiary/aromatic N) is 3. The van der Waals surface area contributed by atoms with Crippen molar-refractivity contribution in [1.29, 1.82) is 0 Å². The van der Waals surface area contributed by atoms with Crippen LogP contribution in [-0.2, 0) is 0 Å². The van der Waals surface area contributed by atoms with Crippen LogP contribution in [0, 0.1) is 0 Å². The SMILES string of the molecule is CN(C)c1ccn2c(C3CC3)nc(Br)c2c1. The number of hydrogen-bond acceptors (Lipinski definition) is 2. The second-order valence-corrected chi connectivity index (χ2v) is 5.32. The molecule has 3 nitrogen and oxygen atoms in total. The molecule has 1 aliphatic rings. The van der Waals surface area contributed by atoms with Crippen LogP contribution in [0.4, 0.5) is 5.69 Å². The molecule has 0 spiro atoms. The van der Waals surface area contributed by atoms with Crippen LogP contribution in [0.2, 0.25) is 0 Å². The van der Waals surface area contributed by atoms with E-state index in [0.29, 0.717) is 5.92 Å². The first-order valence-electron chi connectivity index (χ1n) is 5.51. The molecule has 0 unspecified atom stereocenters. The third-order valence-electron chi connectivity index (χ3n) is 3.07. The van der Waals surface area contributed by atoms with Gasteiger partial charge in [-0.15, -0.1) is 0 Å². The van der Waals surface area contributed by atoms with Gasteiger partial charge >= 0.3 is 0 Å².